The summed E-state index contributed by atoms with van der Waals surface area (Å²) in [6.07, 6.45) is 0.708. The standard InChI is InChI=1S/C12H14ClF2NO/c1-4-12(2,3)16-11(17)7-5-9(14)10(15)6-8(7)13/h5-6H,4H2,1-3H3,(H,16,17). The van der Waals surface area contributed by atoms with E-state index in [1.807, 2.05) is 20.8 Å². The minimum Gasteiger partial charge on any atom is -0.347 e. The molecule has 0 unspecified atom stereocenters. The highest BCUT2D eigenvalue weighted by Gasteiger charge is 2.21. The Kier molecular flexibility index (Phi) is 4.09. The summed E-state index contributed by atoms with van der Waals surface area (Å²) in [6, 6.07) is 1.60. The summed E-state index contributed by atoms with van der Waals surface area (Å²) in [5.41, 5.74) is -0.488. The number of hydrogen-bond acceptors (Lipinski definition) is 1. The first kappa shape index (κ1) is 13.9. The molecule has 1 aromatic rings. The van der Waals surface area contributed by atoms with Crippen LogP contribution in [-0.2, 0) is 0 Å². The highest BCUT2D eigenvalue weighted by Crippen LogP contribution is 2.21. The Balaban J connectivity index is 3.01. The average Bonchev–Trinajstić information content (AvgIpc) is 2.22. The highest BCUT2D eigenvalue weighted by molar-refractivity contribution is 6.33. The lowest BCUT2D eigenvalue weighted by Gasteiger charge is -2.24. The molecule has 1 N–H and O–H groups in total. The molecule has 0 aliphatic carbocycles. The maximum Gasteiger partial charge on any atom is 0.253 e. The Morgan fingerprint density at radius 2 is 1.88 bits per heavy atom. The molecule has 0 spiro atoms. The summed E-state index contributed by atoms with van der Waals surface area (Å²) in [7, 11) is 0. The lowest BCUT2D eigenvalue weighted by atomic mass is 10.0. The Bertz CT molecular complexity index is 446. The largest absolute Gasteiger partial charge is 0.347 e. The van der Waals surface area contributed by atoms with Crippen LogP contribution in [0.3, 0.4) is 0 Å². The Labute approximate surface area is 104 Å². The first-order valence-electron chi connectivity index (χ1n) is 5.24. The lowest BCUT2D eigenvalue weighted by molar-refractivity contribution is 0.0911. The van der Waals surface area contributed by atoms with Gasteiger partial charge in [-0.15, -0.1) is 0 Å². The minimum absolute atomic E-state index is 0.0629. The smallest absolute Gasteiger partial charge is 0.253 e. The van der Waals surface area contributed by atoms with Crippen molar-refractivity contribution >= 4 is 17.5 Å². The van der Waals surface area contributed by atoms with Gasteiger partial charge in [-0.3, -0.25) is 4.79 Å². The zero-order valence-corrected chi connectivity index (χ0v) is 10.7. The molecule has 2 nitrogen and oxygen atoms in total. The van der Waals surface area contributed by atoms with Crippen molar-refractivity contribution in [3.05, 3.63) is 34.4 Å². The molecule has 1 rings (SSSR count). The predicted molar refractivity (Wildman–Crippen MR) is 63.2 cm³/mol. The molecule has 1 amide bonds. The number of halogens is 3. The SMILES string of the molecule is CCC(C)(C)NC(=O)c1cc(F)c(F)cc1Cl. The molecule has 0 aromatic heterocycles. The van der Waals surface area contributed by atoms with Gasteiger partial charge in [-0.2, -0.15) is 0 Å². The first-order chi connectivity index (χ1) is 7.76. The fraction of sp³-hybridized carbons (Fsp3) is 0.417. The fourth-order valence-corrected chi connectivity index (χ4v) is 1.40. The second kappa shape index (κ2) is 5.00. The third-order valence-electron chi connectivity index (χ3n) is 2.59. The summed E-state index contributed by atoms with van der Waals surface area (Å²) in [5.74, 6) is -2.67. The van der Waals surface area contributed by atoms with Crippen molar-refractivity contribution in [3.8, 4) is 0 Å². The summed E-state index contributed by atoms with van der Waals surface area (Å²) < 4.78 is 25.9. The van der Waals surface area contributed by atoms with Crippen LogP contribution in [0.15, 0.2) is 12.1 Å². The van der Waals surface area contributed by atoms with Crippen molar-refractivity contribution in [2.45, 2.75) is 32.7 Å². The van der Waals surface area contributed by atoms with Gasteiger partial charge in [-0.1, -0.05) is 18.5 Å². The number of carbonyl (C=O) groups is 1. The van der Waals surface area contributed by atoms with Crippen molar-refractivity contribution in [1.82, 2.24) is 5.32 Å². The Hall–Kier alpha value is -1.16. The number of carbonyl (C=O) groups excluding carboxylic acids is 1. The third-order valence-corrected chi connectivity index (χ3v) is 2.90. The monoisotopic (exact) mass is 261 g/mol. The number of rotatable bonds is 3. The minimum atomic E-state index is -1.09. The van der Waals surface area contributed by atoms with Crippen LogP contribution in [0.5, 0.6) is 0 Å². The van der Waals surface area contributed by atoms with E-state index in [2.05, 4.69) is 5.32 Å². The van der Waals surface area contributed by atoms with Crippen molar-refractivity contribution in [1.29, 1.82) is 0 Å². The molecular formula is C12H14ClF2NO. The fourth-order valence-electron chi connectivity index (χ4n) is 1.16. The van der Waals surface area contributed by atoms with E-state index < -0.39 is 23.1 Å². The molecule has 0 heterocycles. The van der Waals surface area contributed by atoms with Crippen LogP contribution in [0.2, 0.25) is 5.02 Å². The molecule has 0 saturated carbocycles. The van der Waals surface area contributed by atoms with E-state index in [-0.39, 0.29) is 10.6 Å². The van der Waals surface area contributed by atoms with Crippen LogP contribution in [0, 0.1) is 11.6 Å². The molecule has 0 bridgehead atoms. The topological polar surface area (TPSA) is 29.1 Å². The highest BCUT2D eigenvalue weighted by atomic mass is 35.5. The first-order valence-corrected chi connectivity index (χ1v) is 5.61. The normalized spacial score (nSPS) is 11.4. The van der Waals surface area contributed by atoms with Crippen LogP contribution < -0.4 is 5.32 Å². The van der Waals surface area contributed by atoms with Gasteiger partial charge in [0.2, 0.25) is 0 Å². The maximum atomic E-state index is 13.0. The third kappa shape index (κ3) is 3.40. The number of benzene rings is 1. The predicted octanol–water partition coefficient (Wildman–Crippen LogP) is 3.54. The molecule has 0 aliphatic rings. The Morgan fingerprint density at radius 1 is 1.35 bits per heavy atom. The zero-order chi connectivity index (χ0) is 13.2. The van der Waals surface area contributed by atoms with Gasteiger partial charge in [0, 0.05) is 5.54 Å². The van der Waals surface area contributed by atoms with Crippen molar-refractivity contribution < 1.29 is 13.6 Å². The summed E-state index contributed by atoms with van der Waals surface area (Å²) in [6.45, 7) is 5.57. The molecule has 0 radical (unpaired) electrons. The van der Waals surface area contributed by atoms with Crippen LogP contribution in [0.4, 0.5) is 8.78 Å². The van der Waals surface area contributed by atoms with E-state index >= 15 is 0 Å². The van der Waals surface area contributed by atoms with Crippen LogP contribution in [0.1, 0.15) is 37.6 Å². The van der Waals surface area contributed by atoms with Crippen LogP contribution in [0.25, 0.3) is 0 Å². The van der Waals surface area contributed by atoms with E-state index in [4.69, 9.17) is 11.6 Å². The summed E-state index contributed by atoms with van der Waals surface area (Å²) in [5, 5.41) is 2.59. The molecule has 0 saturated heterocycles. The summed E-state index contributed by atoms with van der Waals surface area (Å²) in [4.78, 5) is 11.8. The summed E-state index contributed by atoms with van der Waals surface area (Å²) >= 11 is 5.70. The molecule has 0 atom stereocenters. The molecular weight excluding hydrogens is 248 g/mol. The molecule has 5 heteroatoms. The van der Waals surface area contributed by atoms with Crippen molar-refractivity contribution in [3.63, 3.8) is 0 Å². The molecule has 17 heavy (non-hydrogen) atoms. The number of amides is 1. The van der Waals surface area contributed by atoms with E-state index in [0.717, 1.165) is 12.1 Å². The van der Waals surface area contributed by atoms with Gasteiger partial charge >= 0.3 is 0 Å². The van der Waals surface area contributed by atoms with E-state index in [1.54, 1.807) is 0 Å². The molecule has 94 valence electrons. The van der Waals surface area contributed by atoms with Crippen LogP contribution in [-0.4, -0.2) is 11.4 Å². The van der Waals surface area contributed by atoms with Crippen molar-refractivity contribution in [2.24, 2.45) is 0 Å². The van der Waals surface area contributed by atoms with Gasteiger partial charge < -0.3 is 5.32 Å². The van der Waals surface area contributed by atoms with Gasteiger partial charge in [-0.05, 0) is 32.4 Å². The number of nitrogens with one attached hydrogen (secondary N) is 1. The second-order valence-corrected chi connectivity index (χ2v) is 4.84. The zero-order valence-electron chi connectivity index (χ0n) is 9.90. The van der Waals surface area contributed by atoms with E-state index in [0.29, 0.717) is 6.42 Å². The van der Waals surface area contributed by atoms with Gasteiger partial charge in [0.15, 0.2) is 11.6 Å². The Morgan fingerprint density at radius 3 is 2.41 bits per heavy atom. The van der Waals surface area contributed by atoms with E-state index in [1.165, 1.54) is 0 Å². The molecule has 1 aromatic carbocycles. The van der Waals surface area contributed by atoms with Gasteiger partial charge in [0.05, 0.1) is 10.6 Å². The van der Waals surface area contributed by atoms with Gasteiger partial charge in [0.25, 0.3) is 5.91 Å². The quantitative estimate of drug-likeness (QED) is 0.829. The molecule has 0 fully saturated rings. The van der Waals surface area contributed by atoms with Gasteiger partial charge in [0.1, 0.15) is 0 Å². The second-order valence-electron chi connectivity index (χ2n) is 4.44. The lowest BCUT2D eigenvalue weighted by Crippen LogP contribution is -2.42. The van der Waals surface area contributed by atoms with Gasteiger partial charge in [-0.25, -0.2) is 8.78 Å². The maximum absolute atomic E-state index is 13.0. The van der Waals surface area contributed by atoms with Crippen LogP contribution >= 0.6 is 11.6 Å². The number of hydrogen-bond donors (Lipinski definition) is 1. The average molecular weight is 262 g/mol. The molecule has 0 aliphatic heterocycles. The van der Waals surface area contributed by atoms with E-state index in [9.17, 15) is 13.6 Å². The van der Waals surface area contributed by atoms with Crippen molar-refractivity contribution in [2.75, 3.05) is 0 Å².